The number of nitrogens with one attached hydrogen (secondary N) is 2. The van der Waals surface area contributed by atoms with Gasteiger partial charge in [0.05, 0.1) is 5.02 Å². The molecule has 2 heterocycles. The van der Waals surface area contributed by atoms with Crippen LogP contribution in [0.2, 0.25) is 5.02 Å². The molecule has 1 atom stereocenters. The third kappa shape index (κ3) is 2.78. The summed E-state index contributed by atoms with van der Waals surface area (Å²) in [6.07, 6.45) is 3.82. The molecule has 2 aromatic rings. The summed E-state index contributed by atoms with van der Waals surface area (Å²) in [7, 11) is 0. The zero-order chi connectivity index (χ0) is 13.4. The Morgan fingerprint density at radius 2 is 2.32 bits per heavy atom. The summed E-state index contributed by atoms with van der Waals surface area (Å²) in [5, 5.41) is 10.7. The average molecular weight is 280 g/mol. The first-order valence-corrected chi connectivity index (χ1v) is 6.58. The van der Waals surface area contributed by atoms with Crippen LogP contribution in [0.3, 0.4) is 0 Å². The molecule has 0 saturated heterocycles. The minimum Gasteiger partial charge on any atom is -0.352 e. The van der Waals surface area contributed by atoms with Crippen LogP contribution in [0.25, 0.3) is 5.65 Å². The Morgan fingerprint density at radius 1 is 1.53 bits per heavy atom. The first kappa shape index (κ1) is 12.2. The molecule has 7 heteroatoms. The predicted octanol–water partition coefficient (Wildman–Crippen LogP) is 1.46. The van der Waals surface area contributed by atoms with E-state index in [1.807, 2.05) is 0 Å². The van der Waals surface area contributed by atoms with Crippen molar-refractivity contribution in [2.75, 3.05) is 5.32 Å². The molecule has 3 rings (SSSR count). The van der Waals surface area contributed by atoms with E-state index in [0.717, 1.165) is 12.8 Å². The molecule has 1 unspecified atom stereocenters. The second-order valence-corrected chi connectivity index (χ2v) is 5.17. The average Bonchev–Trinajstić information content (AvgIpc) is 3.08. The van der Waals surface area contributed by atoms with Gasteiger partial charge in [-0.2, -0.15) is 4.98 Å². The van der Waals surface area contributed by atoms with E-state index in [1.54, 1.807) is 29.8 Å². The summed E-state index contributed by atoms with van der Waals surface area (Å²) >= 11 is 5.88. The highest BCUT2D eigenvalue weighted by molar-refractivity contribution is 6.30. The van der Waals surface area contributed by atoms with Gasteiger partial charge in [-0.3, -0.25) is 4.79 Å². The molecule has 2 aromatic heterocycles. The minimum atomic E-state index is -0.367. The molecule has 0 radical (unpaired) electrons. The van der Waals surface area contributed by atoms with Crippen LogP contribution in [0.5, 0.6) is 0 Å². The maximum atomic E-state index is 11.8. The lowest BCUT2D eigenvalue weighted by atomic mass is 10.3. The number of amides is 1. The van der Waals surface area contributed by atoms with Crippen molar-refractivity contribution in [2.45, 2.75) is 31.8 Å². The molecule has 0 spiro atoms. The van der Waals surface area contributed by atoms with Gasteiger partial charge in [-0.15, -0.1) is 5.10 Å². The van der Waals surface area contributed by atoms with Crippen molar-refractivity contribution in [3.8, 4) is 0 Å². The standard InChI is InChI=1S/C12H14ClN5O/c1-7(11(19)15-9-3-4-9)14-12-16-10-5-2-8(13)6-18(10)17-12/h2,5-7,9H,3-4H2,1H3,(H,14,17)(H,15,19). The fraction of sp³-hybridized carbons (Fsp3) is 0.417. The first-order valence-electron chi connectivity index (χ1n) is 6.20. The number of hydrogen-bond acceptors (Lipinski definition) is 4. The van der Waals surface area contributed by atoms with Crippen molar-refractivity contribution >= 4 is 29.1 Å². The van der Waals surface area contributed by atoms with Gasteiger partial charge in [-0.25, -0.2) is 4.52 Å². The Balaban J connectivity index is 1.71. The maximum Gasteiger partial charge on any atom is 0.243 e. The number of halogens is 1. The van der Waals surface area contributed by atoms with Gasteiger partial charge in [0, 0.05) is 12.2 Å². The highest BCUT2D eigenvalue weighted by atomic mass is 35.5. The van der Waals surface area contributed by atoms with E-state index < -0.39 is 0 Å². The van der Waals surface area contributed by atoms with Gasteiger partial charge in [0.15, 0.2) is 5.65 Å². The molecule has 1 saturated carbocycles. The summed E-state index contributed by atoms with van der Waals surface area (Å²) in [5.41, 5.74) is 0.682. The zero-order valence-corrected chi connectivity index (χ0v) is 11.2. The SMILES string of the molecule is CC(Nc1nc2ccc(Cl)cn2n1)C(=O)NC1CC1. The Labute approximate surface area is 115 Å². The minimum absolute atomic E-state index is 0.0283. The molecule has 6 nitrogen and oxygen atoms in total. The number of nitrogens with zero attached hydrogens (tertiary/aromatic N) is 3. The third-order valence-electron chi connectivity index (χ3n) is 2.96. The summed E-state index contributed by atoms with van der Waals surface area (Å²) < 4.78 is 1.58. The van der Waals surface area contributed by atoms with Gasteiger partial charge in [0.1, 0.15) is 6.04 Å². The molecule has 19 heavy (non-hydrogen) atoms. The van der Waals surface area contributed by atoms with Gasteiger partial charge >= 0.3 is 0 Å². The highest BCUT2D eigenvalue weighted by Crippen LogP contribution is 2.19. The van der Waals surface area contributed by atoms with E-state index in [0.29, 0.717) is 22.7 Å². The number of carbonyl (C=O) groups excluding carboxylic acids is 1. The van der Waals surface area contributed by atoms with E-state index >= 15 is 0 Å². The van der Waals surface area contributed by atoms with E-state index in [4.69, 9.17) is 11.6 Å². The molecule has 1 aliphatic carbocycles. The monoisotopic (exact) mass is 279 g/mol. The number of carbonyl (C=O) groups is 1. The van der Waals surface area contributed by atoms with Crippen molar-refractivity contribution < 1.29 is 4.79 Å². The van der Waals surface area contributed by atoms with E-state index in [-0.39, 0.29) is 11.9 Å². The van der Waals surface area contributed by atoms with Crippen molar-refractivity contribution in [3.05, 3.63) is 23.4 Å². The number of hydrogen-bond donors (Lipinski definition) is 2. The normalized spacial score (nSPS) is 16.3. The Hall–Kier alpha value is -1.82. The van der Waals surface area contributed by atoms with Crippen LogP contribution >= 0.6 is 11.6 Å². The van der Waals surface area contributed by atoms with E-state index in [2.05, 4.69) is 20.7 Å². The second-order valence-electron chi connectivity index (χ2n) is 4.73. The number of rotatable bonds is 4. The van der Waals surface area contributed by atoms with Gasteiger partial charge < -0.3 is 10.6 Å². The molecule has 100 valence electrons. The summed E-state index contributed by atoms with van der Waals surface area (Å²) in [6, 6.07) is 3.51. The number of fused-ring (bicyclic) bond motifs is 1. The molecule has 0 bridgehead atoms. The van der Waals surface area contributed by atoms with Crippen LogP contribution in [0.15, 0.2) is 18.3 Å². The van der Waals surface area contributed by atoms with E-state index in [1.165, 1.54) is 0 Å². The maximum absolute atomic E-state index is 11.8. The fourth-order valence-electron chi connectivity index (χ4n) is 1.73. The Bertz CT molecular complexity index is 622. The highest BCUT2D eigenvalue weighted by Gasteiger charge is 2.25. The molecule has 2 N–H and O–H groups in total. The van der Waals surface area contributed by atoms with Gasteiger partial charge in [0.25, 0.3) is 0 Å². The van der Waals surface area contributed by atoms with Crippen LogP contribution in [-0.4, -0.2) is 32.6 Å². The second kappa shape index (κ2) is 4.70. The summed E-state index contributed by atoms with van der Waals surface area (Å²) in [4.78, 5) is 16.1. The number of anilines is 1. The molecule has 0 aliphatic heterocycles. The van der Waals surface area contributed by atoms with Gasteiger partial charge in [-0.1, -0.05) is 11.6 Å². The Kier molecular flexibility index (Phi) is 3.02. The van der Waals surface area contributed by atoms with Crippen molar-refractivity contribution in [1.82, 2.24) is 19.9 Å². The van der Waals surface area contributed by atoms with Crippen molar-refractivity contribution in [1.29, 1.82) is 0 Å². The smallest absolute Gasteiger partial charge is 0.243 e. The zero-order valence-electron chi connectivity index (χ0n) is 10.4. The first-order chi connectivity index (χ1) is 9.11. The van der Waals surface area contributed by atoms with Crippen LogP contribution in [0.4, 0.5) is 5.95 Å². The molecular formula is C12H14ClN5O. The lowest BCUT2D eigenvalue weighted by Gasteiger charge is -2.11. The predicted molar refractivity (Wildman–Crippen MR) is 72.2 cm³/mol. The molecule has 1 aliphatic rings. The quantitative estimate of drug-likeness (QED) is 0.889. The largest absolute Gasteiger partial charge is 0.352 e. The fourth-order valence-corrected chi connectivity index (χ4v) is 1.89. The third-order valence-corrected chi connectivity index (χ3v) is 3.18. The molecule has 1 amide bonds. The lowest BCUT2D eigenvalue weighted by Crippen LogP contribution is -2.38. The van der Waals surface area contributed by atoms with Gasteiger partial charge in [-0.05, 0) is 31.9 Å². The van der Waals surface area contributed by atoms with E-state index in [9.17, 15) is 4.79 Å². The Morgan fingerprint density at radius 3 is 3.05 bits per heavy atom. The van der Waals surface area contributed by atoms with Gasteiger partial charge in [0.2, 0.25) is 11.9 Å². The molecule has 0 aromatic carbocycles. The number of pyridine rings is 1. The van der Waals surface area contributed by atoms with Crippen molar-refractivity contribution in [3.63, 3.8) is 0 Å². The number of aromatic nitrogens is 3. The molecular weight excluding hydrogens is 266 g/mol. The lowest BCUT2D eigenvalue weighted by molar-refractivity contribution is -0.121. The van der Waals surface area contributed by atoms with Crippen LogP contribution in [0.1, 0.15) is 19.8 Å². The van der Waals surface area contributed by atoms with Crippen LogP contribution in [0, 0.1) is 0 Å². The van der Waals surface area contributed by atoms with Crippen LogP contribution < -0.4 is 10.6 Å². The van der Waals surface area contributed by atoms with Crippen LogP contribution in [-0.2, 0) is 4.79 Å². The summed E-state index contributed by atoms with van der Waals surface area (Å²) in [6.45, 7) is 1.79. The van der Waals surface area contributed by atoms with Crippen molar-refractivity contribution in [2.24, 2.45) is 0 Å². The molecule has 1 fully saturated rings. The summed E-state index contributed by atoms with van der Waals surface area (Å²) in [5.74, 6) is 0.389. The topological polar surface area (TPSA) is 71.3 Å².